The average molecular weight is 556 g/mol. The van der Waals surface area contributed by atoms with Gasteiger partial charge in [0.15, 0.2) is 0 Å². The molecular formula is C30H36F3N5O2. The quantitative estimate of drug-likeness (QED) is 0.341. The van der Waals surface area contributed by atoms with E-state index in [2.05, 4.69) is 11.8 Å². The van der Waals surface area contributed by atoms with Crippen molar-refractivity contribution in [2.24, 2.45) is 5.92 Å². The summed E-state index contributed by atoms with van der Waals surface area (Å²) >= 11 is 0. The SMILES string of the molecule is COC1CC(C(=N)N(C)C=N)(c2cccc(N3Cc4c(cc(CN5CCC[C@H](C)C5)cc4C(F)(F)F)C3=O)c2)C1. The number of benzene rings is 2. The third-order valence-corrected chi connectivity index (χ3v) is 8.75. The molecule has 10 heteroatoms. The molecule has 0 unspecified atom stereocenters. The lowest BCUT2D eigenvalue weighted by molar-refractivity contribution is -0.138. The van der Waals surface area contributed by atoms with Crippen LogP contribution in [0.5, 0.6) is 0 Å². The second kappa shape index (κ2) is 10.6. The van der Waals surface area contributed by atoms with E-state index in [1.54, 1.807) is 38.4 Å². The van der Waals surface area contributed by atoms with Gasteiger partial charge in [0.2, 0.25) is 0 Å². The highest BCUT2D eigenvalue weighted by molar-refractivity contribution is 6.10. The first-order chi connectivity index (χ1) is 19.0. The van der Waals surface area contributed by atoms with Crippen molar-refractivity contribution >= 4 is 23.8 Å². The summed E-state index contributed by atoms with van der Waals surface area (Å²) in [6.07, 6.45) is -0.340. The number of ether oxygens (including phenoxy) is 1. The van der Waals surface area contributed by atoms with Crippen molar-refractivity contribution in [3.05, 3.63) is 64.2 Å². The van der Waals surface area contributed by atoms with Crippen molar-refractivity contribution < 1.29 is 22.7 Å². The highest BCUT2D eigenvalue weighted by Gasteiger charge is 2.51. The van der Waals surface area contributed by atoms with E-state index < -0.39 is 23.1 Å². The molecule has 2 fully saturated rings. The molecule has 5 rings (SSSR count). The molecule has 2 heterocycles. The van der Waals surface area contributed by atoms with E-state index >= 15 is 0 Å². The zero-order valence-electron chi connectivity index (χ0n) is 23.1. The predicted octanol–water partition coefficient (Wildman–Crippen LogP) is 5.66. The van der Waals surface area contributed by atoms with Gasteiger partial charge >= 0.3 is 6.18 Å². The lowest BCUT2D eigenvalue weighted by Gasteiger charge is -2.49. The van der Waals surface area contributed by atoms with Gasteiger partial charge in [0.1, 0.15) is 5.84 Å². The smallest absolute Gasteiger partial charge is 0.381 e. The molecule has 2 aromatic carbocycles. The average Bonchev–Trinajstić information content (AvgIpc) is 3.23. The molecular weight excluding hydrogens is 519 g/mol. The lowest BCUT2D eigenvalue weighted by Crippen LogP contribution is -2.55. The summed E-state index contributed by atoms with van der Waals surface area (Å²) < 4.78 is 48.3. The van der Waals surface area contributed by atoms with Crippen LogP contribution in [0.3, 0.4) is 0 Å². The number of hydrogen-bond acceptors (Lipinski definition) is 5. The first kappa shape index (κ1) is 28.3. The maximum atomic E-state index is 14.3. The monoisotopic (exact) mass is 555 g/mol. The Kier molecular flexibility index (Phi) is 7.52. The van der Waals surface area contributed by atoms with Crippen LogP contribution in [0.1, 0.15) is 65.2 Å². The molecule has 2 aliphatic heterocycles. The Bertz CT molecular complexity index is 1320. The van der Waals surface area contributed by atoms with Crippen molar-refractivity contribution in [1.29, 1.82) is 10.8 Å². The summed E-state index contributed by atoms with van der Waals surface area (Å²) in [6, 6.07) is 10.0. The first-order valence-electron chi connectivity index (χ1n) is 13.7. The van der Waals surface area contributed by atoms with Crippen LogP contribution in [-0.4, -0.2) is 61.2 Å². The number of carbonyl (C=O) groups excluding carboxylic acids is 1. The molecule has 1 amide bonds. The second-order valence-electron chi connectivity index (χ2n) is 11.5. The van der Waals surface area contributed by atoms with Crippen LogP contribution >= 0.6 is 0 Å². The number of likely N-dealkylation sites (N-methyl/N-ethyl adjacent to an activating group) is 1. The van der Waals surface area contributed by atoms with Crippen LogP contribution in [-0.2, 0) is 29.4 Å². The molecule has 0 radical (unpaired) electrons. The number of hydrogen-bond donors (Lipinski definition) is 2. The second-order valence-corrected chi connectivity index (χ2v) is 11.5. The molecule has 2 aromatic rings. The van der Waals surface area contributed by atoms with Crippen LogP contribution < -0.4 is 4.90 Å². The number of nitrogens with zero attached hydrogens (tertiary/aromatic N) is 3. The van der Waals surface area contributed by atoms with Gasteiger partial charge in [-0.15, -0.1) is 0 Å². The van der Waals surface area contributed by atoms with Crippen LogP contribution in [0, 0.1) is 16.7 Å². The number of rotatable bonds is 7. The number of alkyl halides is 3. The van der Waals surface area contributed by atoms with Crippen LogP contribution in [0.15, 0.2) is 36.4 Å². The van der Waals surface area contributed by atoms with E-state index in [9.17, 15) is 18.0 Å². The van der Waals surface area contributed by atoms with Gasteiger partial charge in [-0.2, -0.15) is 13.2 Å². The Morgan fingerprint density at radius 3 is 2.65 bits per heavy atom. The normalized spacial score (nSPS) is 24.9. The minimum atomic E-state index is -4.58. The number of methoxy groups -OCH3 is 1. The van der Waals surface area contributed by atoms with E-state index in [0.29, 0.717) is 36.6 Å². The molecule has 214 valence electrons. The molecule has 1 atom stereocenters. The van der Waals surface area contributed by atoms with E-state index in [0.717, 1.165) is 37.8 Å². The Labute approximate surface area is 232 Å². The Balaban J connectivity index is 1.48. The van der Waals surface area contributed by atoms with Gasteiger partial charge in [-0.05, 0) is 79.1 Å². The first-order valence-corrected chi connectivity index (χ1v) is 13.7. The molecule has 0 bridgehead atoms. The van der Waals surface area contributed by atoms with E-state index in [4.69, 9.17) is 15.6 Å². The summed E-state index contributed by atoms with van der Waals surface area (Å²) in [5, 5.41) is 16.4. The maximum Gasteiger partial charge on any atom is 0.416 e. The lowest BCUT2D eigenvalue weighted by atomic mass is 9.61. The largest absolute Gasteiger partial charge is 0.416 e. The zero-order valence-corrected chi connectivity index (χ0v) is 23.1. The predicted molar refractivity (Wildman–Crippen MR) is 148 cm³/mol. The third kappa shape index (κ3) is 5.03. The van der Waals surface area contributed by atoms with Gasteiger partial charge in [-0.3, -0.25) is 20.5 Å². The number of amides is 1. The van der Waals surface area contributed by atoms with E-state index in [-0.39, 0.29) is 29.6 Å². The zero-order chi connectivity index (χ0) is 28.8. The third-order valence-electron chi connectivity index (χ3n) is 8.75. The number of halogens is 3. The summed E-state index contributed by atoms with van der Waals surface area (Å²) in [6.45, 7) is 4.04. The summed E-state index contributed by atoms with van der Waals surface area (Å²) in [4.78, 5) is 18.7. The molecule has 7 nitrogen and oxygen atoms in total. The van der Waals surface area contributed by atoms with Gasteiger partial charge in [0.25, 0.3) is 5.91 Å². The molecule has 1 saturated carbocycles. The van der Waals surface area contributed by atoms with Crippen molar-refractivity contribution in [3.63, 3.8) is 0 Å². The number of fused-ring (bicyclic) bond motifs is 1. The minimum Gasteiger partial charge on any atom is -0.381 e. The number of piperidine rings is 1. The maximum absolute atomic E-state index is 14.3. The fourth-order valence-corrected chi connectivity index (χ4v) is 6.53. The van der Waals surface area contributed by atoms with Gasteiger partial charge in [0, 0.05) is 38.5 Å². The number of amidine groups is 1. The van der Waals surface area contributed by atoms with Gasteiger partial charge in [0.05, 0.1) is 30.0 Å². The van der Waals surface area contributed by atoms with Gasteiger partial charge in [-0.25, -0.2) is 0 Å². The number of nitrogens with one attached hydrogen (secondary N) is 2. The number of anilines is 1. The Morgan fingerprint density at radius 1 is 1.25 bits per heavy atom. The van der Waals surface area contributed by atoms with E-state index in [1.165, 1.54) is 15.9 Å². The molecule has 0 aromatic heterocycles. The molecule has 40 heavy (non-hydrogen) atoms. The van der Waals surface area contributed by atoms with Crippen molar-refractivity contribution in [3.8, 4) is 0 Å². The highest BCUT2D eigenvalue weighted by atomic mass is 19.4. The minimum absolute atomic E-state index is 0.00718. The number of likely N-dealkylation sites (tertiary alicyclic amines) is 1. The molecule has 1 saturated heterocycles. The fraction of sp³-hybridized carbons (Fsp3) is 0.500. The molecule has 2 N–H and O–H groups in total. The van der Waals surface area contributed by atoms with Gasteiger partial charge < -0.3 is 14.5 Å². The highest BCUT2D eigenvalue weighted by Crippen LogP contribution is 2.48. The van der Waals surface area contributed by atoms with Crippen LogP contribution in [0.25, 0.3) is 0 Å². The topological polar surface area (TPSA) is 83.7 Å². The number of carbonyl (C=O) groups is 1. The van der Waals surface area contributed by atoms with Crippen LogP contribution in [0.2, 0.25) is 0 Å². The Hall–Kier alpha value is -3.24. The van der Waals surface area contributed by atoms with Crippen molar-refractivity contribution in [2.45, 2.75) is 63.4 Å². The standard InChI is InChI=1S/C30H36F3N5O2/c1-19-6-5-9-37(15-19)16-20-10-24-25(26(11-20)30(31,32)33)17-38(27(24)39)22-8-4-7-21(12-22)29(13-23(14-29)40-3)28(35)36(2)18-34/h4,7-8,10-12,18-19,23,34-35H,5-6,9,13-17H2,1-3H3/t19-,23?,29?/m0/s1. The molecule has 0 spiro atoms. The summed E-state index contributed by atoms with van der Waals surface area (Å²) in [5.74, 6) is 0.281. The molecule has 3 aliphatic rings. The summed E-state index contributed by atoms with van der Waals surface area (Å²) in [5.41, 5.74) is 0.424. The molecule has 1 aliphatic carbocycles. The van der Waals surface area contributed by atoms with Gasteiger partial charge in [-0.1, -0.05) is 19.1 Å². The summed E-state index contributed by atoms with van der Waals surface area (Å²) in [7, 11) is 3.26. The fourth-order valence-electron chi connectivity index (χ4n) is 6.53. The van der Waals surface area contributed by atoms with Crippen molar-refractivity contribution in [2.75, 3.05) is 32.1 Å². The van der Waals surface area contributed by atoms with Crippen molar-refractivity contribution in [1.82, 2.24) is 9.80 Å². The van der Waals surface area contributed by atoms with Crippen LogP contribution in [0.4, 0.5) is 18.9 Å². The Morgan fingerprint density at radius 2 is 2.00 bits per heavy atom. The van der Waals surface area contributed by atoms with E-state index in [1.807, 2.05) is 6.07 Å².